The SMILES string of the molecule is CCCc1nc(NN)c(C)c(Sc2ncccn2)n1. The topological polar surface area (TPSA) is 89.6 Å². The molecule has 0 fully saturated rings. The highest BCUT2D eigenvalue weighted by Crippen LogP contribution is 2.28. The summed E-state index contributed by atoms with van der Waals surface area (Å²) >= 11 is 1.41. The van der Waals surface area contributed by atoms with Gasteiger partial charge < -0.3 is 5.43 Å². The average molecular weight is 276 g/mol. The molecule has 0 amide bonds. The van der Waals surface area contributed by atoms with Crippen LogP contribution in [0.2, 0.25) is 0 Å². The molecule has 0 spiro atoms. The molecule has 0 aliphatic carbocycles. The van der Waals surface area contributed by atoms with E-state index >= 15 is 0 Å². The molecule has 0 atom stereocenters. The first kappa shape index (κ1) is 13.7. The van der Waals surface area contributed by atoms with Gasteiger partial charge in [-0.1, -0.05) is 6.92 Å². The van der Waals surface area contributed by atoms with Crippen molar-refractivity contribution >= 4 is 17.6 Å². The second-order valence-electron chi connectivity index (χ2n) is 3.95. The van der Waals surface area contributed by atoms with Gasteiger partial charge in [0.25, 0.3) is 0 Å². The summed E-state index contributed by atoms with van der Waals surface area (Å²) in [5.74, 6) is 6.92. The Kier molecular flexibility index (Phi) is 4.64. The molecule has 7 heteroatoms. The van der Waals surface area contributed by atoms with Gasteiger partial charge in [-0.25, -0.2) is 25.8 Å². The Morgan fingerprint density at radius 2 is 2.00 bits per heavy atom. The summed E-state index contributed by atoms with van der Waals surface area (Å²) in [6.45, 7) is 4.02. The summed E-state index contributed by atoms with van der Waals surface area (Å²) in [5, 5.41) is 1.49. The molecule has 0 aliphatic rings. The second-order valence-corrected chi connectivity index (χ2v) is 4.90. The first-order valence-electron chi connectivity index (χ1n) is 6.03. The largest absolute Gasteiger partial charge is 0.308 e. The van der Waals surface area contributed by atoms with Crippen LogP contribution in [0.25, 0.3) is 0 Å². The summed E-state index contributed by atoms with van der Waals surface area (Å²) in [4.78, 5) is 17.3. The van der Waals surface area contributed by atoms with Crippen LogP contribution in [0, 0.1) is 6.92 Å². The van der Waals surface area contributed by atoms with Crippen LogP contribution in [0.1, 0.15) is 24.7 Å². The van der Waals surface area contributed by atoms with E-state index in [0.717, 1.165) is 29.3 Å². The molecule has 0 saturated carbocycles. The fraction of sp³-hybridized carbons (Fsp3) is 0.333. The fourth-order valence-corrected chi connectivity index (χ4v) is 2.34. The Hall–Kier alpha value is -1.73. The molecule has 100 valence electrons. The van der Waals surface area contributed by atoms with Crippen molar-refractivity contribution in [1.82, 2.24) is 19.9 Å². The second kappa shape index (κ2) is 6.44. The minimum absolute atomic E-state index is 0.650. The van der Waals surface area contributed by atoms with Gasteiger partial charge in [-0.05, 0) is 31.2 Å². The summed E-state index contributed by atoms with van der Waals surface area (Å²) in [5.41, 5.74) is 3.52. The van der Waals surface area contributed by atoms with Gasteiger partial charge in [0.1, 0.15) is 16.7 Å². The molecule has 2 rings (SSSR count). The van der Waals surface area contributed by atoms with Gasteiger partial charge in [0.05, 0.1) is 0 Å². The lowest BCUT2D eigenvalue weighted by Crippen LogP contribution is -2.13. The molecular formula is C12H16N6S. The summed E-state index contributed by atoms with van der Waals surface area (Å²) in [6.07, 6.45) is 5.22. The maximum Gasteiger partial charge on any atom is 0.193 e. The number of nitrogens with one attached hydrogen (secondary N) is 1. The van der Waals surface area contributed by atoms with Crippen LogP contribution in [-0.4, -0.2) is 19.9 Å². The van der Waals surface area contributed by atoms with E-state index in [1.807, 2.05) is 6.92 Å². The van der Waals surface area contributed by atoms with E-state index in [9.17, 15) is 0 Å². The molecule has 0 aliphatic heterocycles. The molecule has 19 heavy (non-hydrogen) atoms. The first-order valence-corrected chi connectivity index (χ1v) is 6.85. The number of rotatable bonds is 5. The maximum atomic E-state index is 5.50. The summed E-state index contributed by atoms with van der Waals surface area (Å²) in [7, 11) is 0. The normalized spacial score (nSPS) is 10.5. The number of nitrogens with zero attached hydrogens (tertiary/aromatic N) is 4. The lowest BCUT2D eigenvalue weighted by atomic mass is 10.3. The van der Waals surface area contributed by atoms with E-state index in [1.165, 1.54) is 11.8 Å². The smallest absolute Gasteiger partial charge is 0.193 e. The van der Waals surface area contributed by atoms with Crippen molar-refractivity contribution in [1.29, 1.82) is 0 Å². The summed E-state index contributed by atoms with van der Waals surface area (Å²) in [6, 6.07) is 1.78. The molecule has 2 heterocycles. The Balaban J connectivity index is 2.35. The average Bonchev–Trinajstić information content (AvgIpc) is 2.43. The van der Waals surface area contributed by atoms with Crippen LogP contribution < -0.4 is 11.3 Å². The zero-order chi connectivity index (χ0) is 13.7. The van der Waals surface area contributed by atoms with Crippen LogP contribution in [-0.2, 0) is 6.42 Å². The van der Waals surface area contributed by atoms with Crippen LogP contribution in [0.5, 0.6) is 0 Å². The van der Waals surface area contributed by atoms with Gasteiger partial charge in [0.15, 0.2) is 5.16 Å². The van der Waals surface area contributed by atoms with E-state index in [0.29, 0.717) is 11.0 Å². The van der Waals surface area contributed by atoms with Crippen LogP contribution in [0.15, 0.2) is 28.6 Å². The van der Waals surface area contributed by atoms with Gasteiger partial charge in [0.2, 0.25) is 0 Å². The van der Waals surface area contributed by atoms with Gasteiger partial charge >= 0.3 is 0 Å². The van der Waals surface area contributed by atoms with Crippen LogP contribution in [0.3, 0.4) is 0 Å². The van der Waals surface area contributed by atoms with Gasteiger partial charge in [0, 0.05) is 24.4 Å². The number of nitrogens with two attached hydrogens (primary N) is 1. The molecule has 0 unspecified atom stereocenters. The molecule has 0 bridgehead atoms. The van der Waals surface area contributed by atoms with Gasteiger partial charge in [-0.2, -0.15) is 0 Å². The number of hydrazine groups is 1. The lowest BCUT2D eigenvalue weighted by Gasteiger charge is -2.10. The predicted octanol–water partition coefficient (Wildman–Crippen LogP) is 1.96. The highest BCUT2D eigenvalue weighted by atomic mass is 32.2. The van der Waals surface area contributed by atoms with Crippen molar-refractivity contribution in [2.75, 3.05) is 5.43 Å². The van der Waals surface area contributed by atoms with E-state index < -0.39 is 0 Å². The predicted molar refractivity (Wildman–Crippen MR) is 74.7 cm³/mol. The molecule has 6 nitrogen and oxygen atoms in total. The Morgan fingerprint density at radius 1 is 1.26 bits per heavy atom. The standard InChI is InChI=1S/C12H16N6S/c1-3-5-9-16-10(18-13)8(2)11(17-9)19-12-14-6-4-7-15-12/h4,6-7H,3,5,13H2,1-2H3,(H,16,17,18). The number of hydrogen-bond donors (Lipinski definition) is 2. The van der Waals surface area contributed by atoms with Crippen molar-refractivity contribution in [3.8, 4) is 0 Å². The highest BCUT2D eigenvalue weighted by Gasteiger charge is 2.12. The van der Waals surface area contributed by atoms with E-state index in [1.54, 1.807) is 18.5 Å². The van der Waals surface area contributed by atoms with Crippen LogP contribution >= 0.6 is 11.8 Å². The van der Waals surface area contributed by atoms with Crippen molar-refractivity contribution in [2.24, 2.45) is 5.84 Å². The van der Waals surface area contributed by atoms with E-state index in [-0.39, 0.29) is 0 Å². The zero-order valence-corrected chi connectivity index (χ0v) is 11.7. The van der Waals surface area contributed by atoms with Gasteiger partial charge in [-0.15, -0.1) is 0 Å². The first-order chi connectivity index (χ1) is 9.24. The van der Waals surface area contributed by atoms with Crippen molar-refractivity contribution in [3.63, 3.8) is 0 Å². The number of aryl methyl sites for hydroxylation is 1. The van der Waals surface area contributed by atoms with Crippen LogP contribution in [0.4, 0.5) is 5.82 Å². The number of nitrogen functional groups attached to an aromatic ring is 1. The number of hydrogen-bond acceptors (Lipinski definition) is 7. The maximum absolute atomic E-state index is 5.50. The Morgan fingerprint density at radius 3 is 2.63 bits per heavy atom. The molecule has 2 aromatic rings. The monoisotopic (exact) mass is 276 g/mol. The minimum atomic E-state index is 0.650. The van der Waals surface area contributed by atoms with E-state index in [4.69, 9.17) is 5.84 Å². The molecular weight excluding hydrogens is 260 g/mol. The molecule has 0 radical (unpaired) electrons. The fourth-order valence-electron chi connectivity index (χ4n) is 1.54. The third-order valence-electron chi connectivity index (χ3n) is 2.49. The minimum Gasteiger partial charge on any atom is -0.308 e. The quantitative estimate of drug-likeness (QED) is 0.373. The molecule has 0 aromatic carbocycles. The van der Waals surface area contributed by atoms with E-state index in [2.05, 4.69) is 32.3 Å². The number of aromatic nitrogens is 4. The summed E-state index contributed by atoms with van der Waals surface area (Å²) < 4.78 is 0. The zero-order valence-electron chi connectivity index (χ0n) is 10.9. The Labute approximate surface area is 116 Å². The Bertz CT molecular complexity index is 545. The van der Waals surface area contributed by atoms with Gasteiger partial charge in [-0.3, -0.25) is 0 Å². The molecule has 3 N–H and O–H groups in total. The van der Waals surface area contributed by atoms with Crippen molar-refractivity contribution in [2.45, 2.75) is 36.9 Å². The third-order valence-corrected chi connectivity index (χ3v) is 3.47. The van der Waals surface area contributed by atoms with Crippen molar-refractivity contribution in [3.05, 3.63) is 29.8 Å². The number of anilines is 1. The third kappa shape index (κ3) is 3.39. The molecule has 0 saturated heterocycles. The highest BCUT2D eigenvalue weighted by molar-refractivity contribution is 7.99. The lowest BCUT2D eigenvalue weighted by molar-refractivity contribution is 0.801. The van der Waals surface area contributed by atoms with Crippen molar-refractivity contribution < 1.29 is 0 Å². The molecule has 2 aromatic heterocycles.